The molecular weight excluding hydrogens is 370 g/mol. The number of rotatable bonds is 2. The molecule has 1 aromatic rings. The van der Waals surface area contributed by atoms with Crippen molar-refractivity contribution in [3.8, 4) is 0 Å². The fourth-order valence-electron chi connectivity index (χ4n) is 0.644. The zero-order chi connectivity index (χ0) is 7.40. The van der Waals surface area contributed by atoms with Gasteiger partial charge in [0.05, 0.1) is 0 Å². The third-order valence-corrected chi connectivity index (χ3v) is 3.23. The van der Waals surface area contributed by atoms with Crippen LogP contribution in [0.2, 0.25) is 0 Å². The van der Waals surface area contributed by atoms with Crippen LogP contribution in [0.25, 0.3) is 0 Å². The van der Waals surface area contributed by atoms with E-state index in [0.29, 0.717) is 0 Å². The minimum absolute atomic E-state index is 1.11. The van der Waals surface area contributed by atoms with Crippen molar-refractivity contribution < 1.29 is 0 Å². The van der Waals surface area contributed by atoms with E-state index in [2.05, 4.69) is 68.1 Å². The second-order valence-electron chi connectivity index (χ2n) is 1.88. The minimum atomic E-state index is 1.11. The zero-order valence-corrected chi connectivity index (χ0v) is 10.3. The highest BCUT2D eigenvalue weighted by Crippen LogP contribution is 2.19. The van der Waals surface area contributed by atoms with Crippen molar-refractivity contribution in [1.82, 2.24) is 0 Å². The maximum absolute atomic E-state index is 2.32. The summed E-state index contributed by atoms with van der Waals surface area (Å²) in [5, 5.41) is 0. The smallest absolute Gasteiger partial charge is 0.0285 e. The molecule has 0 bridgehead atoms. The van der Waals surface area contributed by atoms with Gasteiger partial charge in [0.2, 0.25) is 0 Å². The maximum Gasteiger partial charge on any atom is 0.0285 e. The van der Waals surface area contributed by atoms with Crippen LogP contribution in [0, 0.1) is 3.57 Å². The molecule has 0 saturated carbocycles. The van der Waals surface area contributed by atoms with Crippen molar-refractivity contribution >= 4 is 52.7 Å². The number of hydrogen-bond donors (Lipinski definition) is 0. The highest BCUT2D eigenvalue weighted by Gasteiger charge is 1.89. The molecule has 0 aromatic heterocycles. The van der Waals surface area contributed by atoms with Gasteiger partial charge in [0.25, 0.3) is 0 Å². The van der Waals surface area contributed by atoms with Gasteiger partial charge >= 0.3 is 0 Å². The van der Waals surface area contributed by atoms with Crippen LogP contribution in [0.4, 0.5) is 0 Å². The van der Waals surface area contributed by atoms with Gasteiger partial charge in [-0.25, -0.2) is 0 Å². The Morgan fingerprint density at radius 3 is 2.30 bits per heavy atom. The van der Waals surface area contributed by atoms with Crippen LogP contribution in [-0.4, -0.2) is 0 Å². The summed E-state index contributed by atoms with van der Waals surface area (Å²) < 4.78 is 1.31. The van der Waals surface area contributed by atoms with Crippen LogP contribution in [-0.2, 0) is 5.75 Å². The molecule has 1 aromatic carbocycles. The first-order chi connectivity index (χ1) is 4.83. The molecule has 0 aliphatic heterocycles. The average molecular weight is 376 g/mol. The summed E-state index contributed by atoms with van der Waals surface area (Å²) in [6, 6.07) is 8.63. The molecule has 0 radical (unpaired) electrons. The molecule has 0 aliphatic rings. The lowest BCUT2D eigenvalue weighted by Gasteiger charge is -1.95. The lowest BCUT2D eigenvalue weighted by molar-refractivity contribution is 1.41. The van der Waals surface area contributed by atoms with E-state index in [1.807, 2.05) is 8.93 Å². The summed E-state index contributed by atoms with van der Waals surface area (Å²) in [6.45, 7) is 0. The molecule has 1 rings (SSSR count). The Bertz CT molecular complexity index is 195. The van der Waals surface area contributed by atoms with Crippen LogP contribution in [0.1, 0.15) is 5.56 Å². The Hall–Kier alpha value is 1.03. The van der Waals surface area contributed by atoms with Crippen LogP contribution < -0.4 is 0 Å². The third kappa shape index (κ3) is 2.96. The van der Waals surface area contributed by atoms with Gasteiger partial charge in [-0.15, -0.1) is 0 Å². The highest BCUT2D eigenvalue weighted by atomic mass is 127. The van der Waals surface area contributed by atoms with Gasteiger partial charge in [-0.05, 0) is 61.5 Å². The van der Waals surface area contributed by atoms with E-state index in [1.54, 1.807) is 0 Å². The fraction of sp³-hybridized carbons (Fsp3) is 0.143. The number of benzene rings is 1. The first-order valence-corrected chi connectivity index (χ1v) is 7.41. The monoisotopic (exact) mass is 376 g/mol. The molecular formula is C7H6I2S. The standard InChI is InChI=1S/C7H6I2S/c8-7-3-1-6(2-4-7)5-10-9/h1-4H,5H2. The Labute approximate surface area is 90.9 Å². The average Bonchev–Trinajstić information content (AvgIpc) is 1.95. The van der Waals surface area contributed by atoms with Gasteiger partial charge in [0, 0.05) is 9.32 Å². The molecule has 3 heteroatoms. The zero-order valence-electron chi connectivity index (χ0n) is 5.18. The van der Waals surface area contributed by atoms with Crippen molar-refractivity contribution in [3.05, 3.63) is 33.4 Å². The van der Waals surface area contributed by atoms with E-state index in [9.17, 15) is 0 Å². The first-order valence-electron chi connectivity index (χ1n) is 2.81. The van der Waals surface area contributed by atoms with Crippen LogP contribution >= 0.6 is 52.7 Å². The summed E-state index contributed by atoms with van der Waals surface area (Å²) >= 11 is 4.63. The molecule has 0 aliphatic carbocycles. The molecule has 0 nitrogen and oxygen atoms in total. The molecule has 0 unspecified atom stereocenters. The van der Waals surface area contributed by atoms with Gasteiger partial charge < -0.3 is 0 Å². The molecule has 0 N–H and O–H groups in total. The van der Waals surface area contributed by atoms with E-state index < -0.39 is 0 Å². The van der Waals surface area contributed by atoms with Crippen LogP contribution in [0.3, 0.4) is 0 Å². The summed E-state index contributed by atoms with van der Waals surface area (Å²) in [6.07, 6.45) is 0. The van der Waals surface area contributed by atoms with Crippen molar-refractivity contribution in [1.29, 1.82) is 0 Å². The number of halogens is 2. The Balaban J connectivity index is 2.69. The predicted octanol–water partition coefficient (Wildman–Crippen LogP) is 3.87. The Morgan fingerprint density at radius 1 is 1.20 bits per heavy atom. The van der Waals surface area contributed by atoms with Crippen LogP contribution in [0.5, 0.6) is 0 Å². The van der Waals surface area contributed by atoms with Gasteiger partial charge in [0.15, 0.2) is 0 Å². The molecule has 0 heterocycles. The first kappa shape index (κ1) is 9.12. The van der Waals surface area contributed by atoms with Gasteiger partial charge in [-0.1, -0.05) is 21.1 Å². The Kier molecular flexibility index (Phi) is 4.39. The fourth-order valence-corrected chi connectivity index (χ4v) is 2.40. The van der Waals surface area contributed by atoms with E-state index in [1.165, 1.54) is 9.13 Å². The normalized spacial score (nSPS) is 9.80. The number of hydrogen-bond acceptors (Lipinski definition) is 1. The van der Waals surface area contributed by atoms with Crippen molar-refractivity contribution in [2.75, 3.05) is 0 Å². The van der Waals surface area contributed by atoms with E-state index in [4.69, 9.17) is 0 Å². The Morgan fingerprint density at radius 2 is 1.80 bits per heavy atom. The quantitative estimate of drug-likeness (QED) is 0.707. The topological polar surface area (TPSA) is 0 Å². The van der Waals surface area contributed by atoms with Crippen LogP contribution in [0.15, 0.2) is 24.3 Å². The molecule has 10 heavy (non-hydrogen) atoms. The van der Waals surface area contributed by atoms with Crippen molar-refractivity contribution in [2.45, 2.75) is 5.75 Å². The largest absolute Gasteiger partial charge is 0.0846 e. The lowest BCUT2D eigenvalue weighted by Crippen LogP contribution is -1.76. The molecule has 0 fully saturated rings. The van der Waals surface area contributed by atoms with E-state index >= 15 is 0 Å². The summed E-state index contributed by atoms with van der Waals surface area (Å²) in [4.78, 5) is 0. The maximum atomic E-state index is 2.32. The summed E-state index contributed by atoms with van der Waals surface area (Å²) in [5.41, 5.74) is 1.40. The summed E-state index contributed by atoms with van der Waals surface area (Å²) in [7, 11) is 1.83. The highest BCUT2D eigenvalue weighted by molar-refractivity contribution is 14.2. The minimum Gasteiger partial charge on any atom is -0.0846 e. The van der Waals surface area contributed by atoms with Crippen molar-refractivity contribution in [3.63, 3.8) is 0 Å². The molecule has 0 atom stereocenters. The van der Waals surface area contributed by atoms with Crippen molar-refractivity contribution in [2.24, 2.45) is 0 Å². The SMILES string of the molecule is ISCc1ccc(I)cc1. The van der Waals surface area contributed by atoms with Gasteiger partial charge in [-0.2, -0.15) is 0 Å². The van der Waals surface area contributed by atoms with E-state index in [-0.39, 0.29) is 0 Å². The molecule has 0 spiro atoms. The lowest BCUT2D eigenvalue weighted by atomic mass is 10.2. The second kappa shape index (κ2) is 4.82. The molecule has 54 valence electrons. The van der Waals surface area contributed by atoms with Gasteiger partial charge in [0.1, 0.15) is 0 Å². The second-order valence-corrected chi connectivity index (χ2v) is 5.50. The third-order valence-electron chi connectivity index (χ3n) is 1.13. The summed E-state index contributed by atoms with van der Waals surface area (Å²) in [5.74, 6) is 1.11. The van der Waals surface area contributed by atoms with E-state index in [0.717, 1.165) is 5.75 Å². The molecule has 0 amide bonds. The predicted molar refractivity (Wildman–Crippen MR) is 64.5 cm³/mol. The van der Waals surface area contributed by atoms with Gasteiger partial charge in [-0.3, -0.25) is 0 Å². The molecule has 0 saturated heterocycles.